The lowest BCUT2D eigenvalue weighted by Crippen LogP contribution is -2.21. The Bertz CT molecular complexity index is 585. The van der Waals surface area contributed by atoms with Crippen molar-refractivity contribution in [1.82, 2.24) is 14.9 Å². The Morgan fingerprint density at radius 1 is 1.37 bits per heavy atom. The lowest BCUT2D eigenvalue weighted by atomic mass is 10.1. The average Bonchev–Trinajstić information content (AvgIpc) is 3.01. The van der Waals surface area contributed by atoms with Crippen LogP contribution in [-0.4, -0.2) is 34.5 Å². The highest BCUT2D eigenvalue weighted by Gasteiger charge is 2.25. The number of hydrogen-bond acceptors (Lipinski definition) is 2. The van der Waals surface area contributed by atoms with Crippen LogP contribution in [0.25, 0.3) is 11.0 Å². The van der Waals surface area contributed by atoms with Crippen LogP contribution >= 0.6 is 0 Å². The van der Waals surface area contributed by atoms with E-state index in [0.29, 0.717) is 5.92 Å². The van der Waals surface area contributed by atoms with Crippen LogP contribution in [-0.2, 0) is 0 Å². The minimum atomic E-state index is 0.582. The molecule has 1 fully saturated rings. The molecule has 1 aromatic heterocycles. The topological polar surface area (TPSA) is 31.9 Å². The molecule has 1 aromatic carbocycles. The molecule has 1 aliphatic heterocycles. The first-order valence-electron chi connectivity index (χ1n) is 7.37. The molecule has 1 N–H and O–H groups in total. The van der Waals surface area contributed by atoms with E-state index in [4.69, 9.17) is 4.98 Å². The maximum atomic E-state index is 4.87. The Kier molecular flexibility index (Phi) is 3.31. The maximum absolute atomic E-state index is 4.87. The lowest BCUT2D eigenvalue weighted by Gasteiger charge is -2.13. The van der Waals surface area contributed by atoms with Gasteiger partial charge in [-0.05, 0) is 57.0 Å². The predicted molar refractivity (Wildman–Crippen MR) is 79.7 cm³/mol. The molecule has 2 aromatic rings. The van der Waals surface area contributed by atoms with Gasteiger partial charge >= 0.3 is 0 Å². The van der Waals surface area contributed by atoms with Gasteiger partial charge in [-0.3, -0.25) is 0 Å². The molecule has 2 heterocycles. The van der Waals surface area contributed by atoms with Gasteiger partial charge in [0.05, 0.1) is 11.0 Å². The zero-order chi connectivity index (χ0) is 13.4. The average molecular weight is 257 g/mol. The van der Waals surface area contributed by atoms with Crippen molar-refractivity contribution in [2.75, 3.05) is 19.6 Å². The van der Waals surface area contributed by atoms with E-state index in [-0.39, 0.29) is 0 Å². The Balaban J connectivity index is 1.88. The molecule has 0 amide bonds. The third-order valence-electron chi connectivity index (χ3n) is 4.40. The Morgan fingerprint density at radius 2 is 2.21 bits per heavy atom. The zero-order valence-electron chi connectivity index (χ0n) is 12.2. The monoisotopic (exact) mass is 257 g/mol. The van der Waals surface area contributed by atoms with Gasteiger partial charge in [0, 0.05) is 12.5 Å². The highest BCUT2D eigenvalue weighted by Crippen LogP contribution is 2.28. The fourth-order valence-corrected chi connectivity index (χ4v) is 3.10. The number of nitrogens with one attached hydrogen (secondary N) is 1. The summed E-state index contributed by atoms with van der Waals surface area (Å²) in [7, 11) is 0. The highest BCUT2D eigenvalue weighted by atomic mass is 15.1. The van der Waals surface area contributed by atoms with Gasteiger partial charge in [-0.15, -0.1) is 0 Å². The first kappa shape index (κ1) is 12.7. The molecule has 1 atom stereocenters. The molecule has 102 valence electrons. The first-order chi connectivity index (χ1) is 9.19. The number of hydrogen-bond donors (Lipinski definition) is 1. The molecule has 3 rings (SSSR count). The van der Waals surface area contributed by atoms with Crippen molar-refractivity contribution in [3.05, 3.63) is 29.1 Å². The standard InChI is InChI=1S/C16H23N3/c1-4-8-19-9-7-13(10-19)16-17-14-6-5-11(2)12(3)15(14)18-16/h5-6,13H,4,7-10H2,1-3H3,(H,17,18). The number of likely N-dealkylation sites (tertiary alicyclic amines) is 1. The number of H-pyrrole nitrogens is 1. The molecule has 0 aliphatic carbocycles. The van der Waals surface area contributed by atoms with E-state index in [2.05, 4.69) is 42.8 Å². The summed E-state index contributed by atoms with van der Waals surface area (Å²) in [5.74, 6) is 1.76. The number of fused-ring (bicyclic) bond motifs is 1. The van der Waals surface area contributed by atoms with E-state index in [1.54, 1.807) is 0 Å². The zero-order valence-corrected chi connectivity index (χ0v) is 12.2. The second-order valence-electron chi connectivity index (χ2n) is 5.81. The summed E-state index contributed by atoms with van der Waals surface area (Å²) in [4.78, 5) is 10.9. The van der Waals surface area contributed by atoms with Crippen molar-refractivity contribution < 1.29 is 0 Å². The highest BCUT2D eigenvalue weighted by molar-refractivity contribution is 5.80. The summed E-state index contributed by atoms with van der Waals surface area (Å²) in [6.07, 6.45) is 2.48. The van der Waals surface area contributed by atoms with Crippen LogP contribution in [0.2, 0.25) is 0 Å². The molecule has 3 heteroatoms. The third-order valence-corrected chi connectivity index (χ3v) is 4.40. The normalized spacial score (nSPS) is 20.5. The molecule has 1 saturated heterocycles. The maximum Gasteiger partial charge on any atom is 0.111 e. The predicted octanol–water partition coefficient (Wildman–Crippen LogP) is 3.38. The smallest absolute Gasteiger partial charge is 0.111 e. The molecule has 0 radical (unpaired) electrons. The van der Waals surface area contributed by atoms with Crippen molar-refractivity contribution in [2.45, 2.75) is 39.5 Å². The Hall–Kier alpha value is -1.35. The van der Waals surface area contributed by atoms with Crippen molar-refractivity contribution >= 4 is 11.0 Å². The van der Waals surface area contributed by atoms with Gasteiger partial charge in [0.2, 0.25) is 0 Å². The van der Waals surface area contributed by atoms with Crippen molar-refractivity contribution in [3.63, 3.8) is 0 Å². The number of benzene rings is 1. The molecule has 0 saturated carbocycles. The molecule has 0 spiro atoms. The number of nitrogens with zero attached hydrogens (tertiary/aromatic N) is 2. The van der Waals surface area contributed by atoms with Gasteiger partial charge in [-0.2, -0.15) is 0 Å². The number of aromatic nitrogens is 2. The van der Waals surface area contributed by atoms with Gasteiger partial charge in [-0.1, -0.05) is 13.0 Å². The van der Waals surface area contributed by atoms with Crippen molar-refractivity contribution in [2.24, 2.45) is 0 Å². The fourth-order valence-electron chi connectivity index (χ4n) is 3.10. The van der Waals surface area contributed by atoms with Gasteiger partial charge in [0.1, 0.15) is 5.82 Å². The van der Waals surface area contributed by atoms with Crippen LogP contribution in [0.5, 0.6) is 0 Å². The van der Waals surface area contributed by atoms with Crippen LogP contribution in [0.3, 0.4) is 0 Å². The Labute approximate surface area is 115 Å². The van der Waals surface area contributed by atoms with Gasteiger partial charge in [-0.25, -0.2) is 4.98 Å². The molecule has 1 aliphatic rings. The molecule has 19 heavy (non-hydrogen) atoms. The second-order valence-corrected chi connectivity index (χ2v) is 5.81. The molecular formula is C16H23N3. The number of aryl methyl sites for hydroxylation is 2. The number of aromatic amines is 1. The fraction of sp³-hybridized carbons (Fsp3) is 0.562. The minimum Gasteiger partial charge on any atom is -0.342 e. The first-order valence-corrected chi connectivity index (χ1v) is 7.37. The minimum absolute atomic E-state index is 0.582. The molecule has 0 bridgehead atoms. The summed E-state index contributed by atoms with van der Waals surface area (Å²) < 4.78 is 0. The Morgan fingerprint density at radius 3 is 3.00 bits per heavy atom. The molecular weight excluding hydrogens is 234 g/mol. The number of imidazole rings is 1. The van der Waals surface area contributed by atoms with E-state index in [0.717, 1.165) is 12.1 Å². The van der Waals surface area contributed by atoms with Crippen LogP contribution < -0.4 is 0 Å². The van der Waals surface area contributed by atoms with Gasteiger partial charge < -0.3 is 9.88 Å². The molecule has 3 nitrogen and oxygen atoms in total. The van der Waals surface area contributed by atoms with Crippen LogP contribution in [0, 0.1) is 13.8 Å². The summed E-state index contributed by atoms with van der Waals surface area (Å²) in [6, 6.07) is 4.34. The molecule has 1 unspecified atom stereocenters. The van der Waals surface area contributed by atoms with E-state index in [9.17, 15) is 0 Å². The summed E-state index contributed by atoms with van der Waals surface area (Å²) in [5.41, 5.74) is 4.98. The summed E-state index contributed by atoms with van der Waals surface area (Å²) >= 11 is 0. The summed E-state index contributed by atoms with van der Waals surface area (Å²) in [5, 5.41) is 0. The van der Waals surface area contributed by atoms with E-state index >= 15 is 0 Å². The SMILES string of the molecule is CCCN1CCC(c2nc3c(C)c(C)ccc3[nH]2)C1. The van der Waals surface area contributed by atoms with Crippen LogP contribution in [0.1, 0.15) is 42.6 Å². The van der Waals surface area contributed by atoms with Gasteiger partial charge in [0.25, 0.3) is 0 Å². The van der Waals surface area contributed by atoms with E-state index < -0.39 is 0 Å². The van der Waals surface area contributed by atoms with Crippen LogP contribution in [0.4, 0.5) is 0 Å². The summed E-state index contributed by atoms with van der Waals surface area (Å²) in [6.45, 7) is 10.2. The lowest BCUT2D eigenvalue weighted by molar-refractivity contribution is 0.334. The van der Waals surface area contributed by atoms with E-state index in [1.165, 1.54) is 48.4 Å². The quantitative estimate of drug-likeness (QED) is 0.914. The van der Waals surface area contributed by atoms with E-state index in [1.807, 2.05) is 0 Å². The van der Waals surface area contributed by atoms with Crippen molar-refractivity contribution in [1.29, 1.82) is 0 Å². The van der Waals surface area contributed by atoms with Crippen LogP contribution in [0.15, 0.2) is 12.1 Å². The number of rotatable bonds is 3. The largest absolute Gasteiger partial charge is 0.342 e. The second kappa shape index (κ2) is 4.97. The van der Waals surface area contributed by atoms with Gasteiger partial charge in [0.15, 0.2) is 0 Å². The third kappa shape index (κ3) is 2.27. The van der Waals surface area contributed by atoms with Crippen molar-refractivity contribution in [3.8, 4) is 0 Å².